The number of hydrogen-bond donors (Lipinski definition) is 2. The SMILES string of the molecule is Cc1cc2[nH]c(=O)oc2c(C)c1CCCN1CCC2(CC1)N=C(C1CCC(C)CC1)NC2=O. The van der Waals surface area contributed by atoms with E-state index in [-0.39, 0.29) is 5.91 Å². The topological polar surface area (TPSA) is 90.7 Å². The number of amides is 1. The van der Waals surface area contributed by atoms with Crippen molar-refractivity contribution >= 4 is 22.8 Å². The molecule has 0 atom stereocenters. The van der Waals surface area contributed by atoms with Crippen LogP contribution in [0.15, 0.2) is 20.3 Å². The van der Waals surface area contributed by atoms with Gasteiger partial charge in [-0.25, -0.2) is 4.79 Å². The van der Waals surface area contributed by atoms with E-state index in [9.17, 15) is 9.59 Å². The number of aromatic nitrogens is 1. The van der Waals surface area contributed by atoms with E-state index in [1.54, 1.807) is 0 Å². The minimum Gasteiger partial charge on any atom is -0.408 e. The van der Waals surface area contributed by atoms with Crippen molar-refractivity contribution in [1.29, 1.82) is 0 Å². The minimum atomic E-state index is -0.529. The summed E-state index contributed by atoms with van der Waals surface area (Å²) >= 11 is 0. The molecule has 3 heterocycles. The molecule has 1 amide bonds. The van der Waals surface area contributed by atoms with E-state index in [1.807, 2.05) is 13.0 Å². The quantitative estimate of drug-likeness (QED) is 0.721. The van der Waals surface area contributed by atoms with Gasteiger partial charge < -0.3 is 14.6 Å². The highest BCUT2D eigenvalue weighted by Gasteiger charge is 2.46. The lowest BCUT2D eigenvalue weighted by atomic mass is 9.82. The third-order valence-electron chi connectivity index (χ3n) is 8.29. The first-order chi connectivity index (χ1) is 15.8. The molecule has 1 aliphatic carbocycles. The molecule has 7 heteroatoms. The van der Waals surface area contributed by atoms with Crippen LogP contribution in [0.5, 0.6) is 0 Å². The molecule has 2 aromatic rings. The first kappa shape index (κ1) is 22.4. The van der Waals surface area contributed by atoms with Gasteiger partial charge in [-0.15, -0.1) is 0 Å². The first-order valence-corrected chi connectivity index (χ1v) is 12.6. The number of likely N-dealkylation sites (tertiary alicyclic amines) is 1. The van der Waals surface area contributed by atoms with Crippen molar-refractivity contribution in [2.75, 3.05) is 19.6 Å². The van der Waals surface area contributed by atoms with Gasteiger partial charge in [-0.3, -0.25) is 14.8 Å². The lowest BCUT2D eigenvalue weighted by Crippen LogP contribution is -2.49. The maximum atomic E-state index is 12.9. The summed E-state index contributed by atoms with van der Waals surface area (Å²) in [6, 6.07) is 2.01. The predicted molar refractivity (Wildman–Crippen MR) is 130 cm³/mol. The van der Waals surface area contributed by atoms with Crippen LogP contribution in [0.3, 0.4) is 0 Å². The summed E-state index contributed by atoms with van der Waals surface area (Å²) in [4.78, 5) is 34.7. The lowest BCUT2D eigenvalue weighted by Gasteiger charge is -2.35. The third-order valence-corrected chi connectivity index (χ3v) is 8.29. The van der Waals surface area contributed by atoms with Gasteiger partial charge in [0.05, 0.1) is 5.52 Å². The van der Waals surface area contributed by atoms with Crippen LogP contribution in [-0.2, 0) is 11.2 Å². The Balaban J connectivity index is 1.17. The number of piperidine rings is 1. The number of rotatable bonds is 5. The largest absolute Gasteiger partial charge is 0.417 e. The molecule has 1 saturated heterocycles. The van der Waals surface area contributed by atoms with E-state index < -0.39 is 11.3 Å². The number of hydrogen-bond acceptors (Lipinski definition) is 5. The van der Waals surface area contributed by atoms with Crippen molar-refractivity contribution in [1.82, 2.24) is 15.2 Å². The second-order valence-electron chi connectivity index (χ2n) is 10.6. The number of nitrogens with one attached hydrogen (secondary N) is 2. The van der Waals surface area contributed by atoms with E-state index in [1.165, 1.54) is 24.0 Å². The molecule has 2 N–H and O–H groups in total. The molecule has 1 saturated carbocycles. The molecule has 2 fully saturated rings. The Morgan fingerprint density at radius 3 is 2.61 bits per heavy atom. The molecule has 1 spiro atoms. The van der Waals surface area contributed by atoms with Gasteiger partial charge in [0.25, 0.3) is 5.91 Å². The molecule has 1 aromatic carbocycles. The second kappa shape index (κ2) is 8.75. The summed E-state index contributed by atoms with van der Waals surface area (Å²) in [7, 11) is 0. The fraction of sp³-hybridized carbons (Fsp3) is 0.654. The van der Waals surface area contributed by atoms with Crippen molar-refractivity contribution in [2.24, 2.45) is 16.8 Å². The Hall–Kier alpha value is -2.41. The number of aromatic amines is 1. The van der Waals surface area contributed by atoms with Gasteiger partial charge in [0.2, 0.25) is 0 Å². The standard InChI is InChI=1S/C26H36N4O3/c1-16-6-8-19(9-7-16)23-28-24(31)26(29-23)10-13-30(14-11-26)12-4-5-20-17(2)15-21-22(18(20)3)33-25(32)27-21/h15-16,19H,4-14H2,1-3H3,(H,27,32)(H,28,29,31). The summed E-state index contributed by atoms with van der Waals surface area (Å²) in [5.41, 5.74) is 4.44. The van der Waals surface area contributed by atoms with Crippen LogP contribution >= 0.6 is 0 Å². The molecule has 1 aromatic heterocycles. The fourth-order valence-electron chi connectivity index (χ4n) is 6.07. The van der Waals surface area contributed by atoms with Crippen molar-refractivity contribution in [3.8, 4) is 0 Å². The van der Waals surface area contributed by atoms with E-state index in [0.29, 0.717) is 11.5 Å². The smallest absolute Gasteiger partial charge is 0.408 e. The number of aliphatic imine (C=N–C) groups is 1. The molecule has 178 valence electrons. The first-order valence-electron chi connectivity index (χ1n) is 12.6. The molecule has 7 nitrogen and oxygen atoms in total. The van der Waals surface area contributed by atoms with Gasteiger partial charge in [0.1, 0.15) is 11.4 Å². The number of oxazole rings is 1. The lowest BCUT2D eigenvalue weighted by molar-refractivity contribution is -0.125. The predicted octanol–water partition coefficient (Wildman–Crippen LogP) is 3.86. The fourth-order valence-corrected chi connectivity index (χ4v) is 6.07. The van der Waals surface area contributed by atoms with Crippen LogP contribution in [-0.4, -0.2) is 46.8 Å². The number of benzene rings is 1. The summed E-state index contributed by atoms with van der Waals surface area (Å²) in [5, 5.41) is 3.17. The van der Waals surface area contributed by atoms with Gasteiger partial charge >= 0.3 is 5.76 Å². The van der Waals surface area contributed by atoms with E-state index >= 15 is 0 Å². The van der Waals surface area contributed by atoms with Crippen LogP contribution in [0.1, 0.15) is 68.6 Å². The zero-order valence-corrected chi connectivity index (χ0v) is 20.1. The van der Waals surface area contributed by atoms with Gasteiger partial charge in [-0.05, 0) is 87.6 Å². The number of carbonyl (C=O) groups is 1. The summed E-state index contributed by atoms with van der Waals surface area (Å²) in [6.45, 7) is 9.28. The monoisotopic (exact) mass is 452 g/mol. The zero-order valence-electron chi connectivity index (χ0n) is 20.1. The molecular formula is C26H36N4O3. The van der Waals surface area contributed by atoms with Gasteiger partial charge in [0, 0.05) is 19.0 Å². The molecule has 33 heavy (non-hydrogen) atoms. The molecular weight excluding hydrogens is 416 g/mol. The number of nitrogens with zero attached hydrogens (tertiary/aromatic N) is 2. The Kier molecular flexibility index (Phi) is 5.93. The number of amidine groups is 1. The van der Waals surface area contributed by atoms with E-state index in [0.717, 1.165) is 81.0 Å². The molecule has 0 bridgehead atoms. The number of fused-ring (bicyclic) bond motifs is 1. The summed E-state index contributed by atoms with van der Waals surface area (Å²) in [6.07, 6.45) is 8.39. The Morgan fingerprint density at radius 2 is 1.88 bits per heavy atom. The molecule has 0 radical (unpaired) electrons. The highest BCUT2D eigenvalue weighted by molar-refractivity contribution is 6.09. The van der Waals surface area contributed by atoms with Crippen LogP contribution in [0, 0.1) is 25.7 Å². The Bertz CT molecular complexity index is 1130. The second-order valence-corrected chi connectivity index (χ2v) is 10.6. The number of aryl methyl sites for hydroxylation is 2. The molecule has 0 unspecified atom stereocenters. The van der Waals surface area contributed by atoms with E-state index in [4.69, 9.17) is 9.41 Å². The van der Waals surface area contributed by atoms with Crippen molar-refractivity contribution in [3.63, 3.8) is 0 Å². The molecule has 3 aliphatic rings. The van der Waals surface area contributed by atoms with Gasteiger partial charge in [0.15, 0.2) is 5.58 Å². The minimum absolute atomic E-state index is 0.128. The van der Waals surface area contributed by atoms with Crippen LogP contribution in [0.4, 0.5) is 0 Å². The number of H-pyrrole nitrogens is 1. The van der Waals surface area contributed by atoms with Crippen molar-refractivity contribution in [3.05, 3.63) is 33.3 Å². The summed E-state index contributed by atoms with van der Waals surface area (Å²) < 4.78 is 5.34. The van der Waals surface area contributed by atoms with E-state index in [2.05, 4.69) is 29.0 Å². The van der Waals surface area contributed by atoms with Crippen molar-refractivity contribution in [2.45, 2.75) is 77.7 Å². The maximum Gasteiger partial charge on any atom is 0.417 e. The van der Waals surface area contributed by atoms with Crippen LogP contribution in [0.2, 0.25) is 0 Å². The highest BCUT2D eigenvalue weighted by atomic mass is 16.4. The number of carbonyl (C=O) groups excluding carboxylic acids is 1. The summed E-state index contributed by atoms with van der Waals surface area (Å²) in [5.74, 6) is 1.94. The average Bonchev–Trinajstić information content (AvgIpc) is 3.32. The third kappa shape index (κ3) is 4.27. The molecule has 2 aliphatic heterocycles. The van der Waals surface area contributed by atoms with Crippen molar-refractivity contribution < 1.29 is 9.21 Å². The normalized spacial score (nSPS) is 25.5. The zero-order chi connectivity index (χ0) is 23.2. The van der Waals surface area contributed by atoms with Gasteiger partial charge in [-0.1, -0.05) is 19.8 Å². The van der Waals surface area contributed by atoms with Crippen LogP contribution < -0.4 is 11.1 Å². The average molecular weight is 453 g/mol. The van der Waals surface area contributed by atoms with Gasteiger partial charge in [-0.2, -0.15) is 0 Å². The highest BCUT2D eigenvalue weighted by Crippen LogP contribution is 2.35. The van der Waals surface area contributed by atoms with Crippen LogP contribution in [0.25, 0.3) is 11.1 Å². The Labute approximate surface area is 195 Å². The Morgan fingerprint density at radius 1 is 1.15 bits per heavy atom. The molecule has 5 rings (SSSR count). The maximum absolute atomic E-state index is 12.9.